The Bertz CT molecular complexity index is 590. The summed E-state index contributed by atoms with van der Waals surface area (Å²) in [7, 11) is 1.44. The van der Waals surface area contributed by atoms with Gasteiger partial charge in [-0.3, -0.25) is 9.59 Å². The van der Waals surface area contributed by atoms with Gasteiger partial charge in [-0.2, -0.15) is 0 Å². The standard InChI is InChI=1S/C15H17FN2O3/c1-21-13-9-10(16)4-5-11(13)18-8-6-14(19)17-7-2-3-12(17)15(18)20/h4-5,9,12H,2-3,6-8H2,1H3. The molecule has 1 aromatic carbocycles. The number of carbonyl (C=O) groups is 2. The Hall–Kier alpha value is -2.11. The van der Waals surface area contributed by atoms with Gasteiger partial charge in [-0.25, -0.2) is 4.39 Å². The number of hydrogen-bond acceptors (Lipinski definition) is 3. The van der Waals surface area contributed by atoms with Crippen LogP contribution in [0.15, 0.2) is 18.2 Å². The number of fused-ring (bicyclic) bond motifs is 1. The summed E-state index contributed by atoms with van der Waals surface area (Å²) in [5.41, 5.74) is 0.519. The molecule has 3 rings (SSSR count). The van der Waals surface area contributed by atoms with Gasteiger partial charge in [-0.1, -0.05) is 0 Å². The van der Waals surface area contributed by atoms with E-state index in [1.807, 2.05) is 0 Å². The van der Waals surface area contributed by atoms with Crippen LogP contribution in [0.25, 0.3) is 0 Å². The number of amides is 2. The molecule has 6 heteroatoms. The molecule has 1 atom stereocenters. The smallest absolute Gasteiger partial charge is 0.249 e. The Morgan fingerprint density at radius 3 is 2.86 bits per heavy atom. The lowest BCUT2D eigenvalue weighted by molar-refractivity contribution is -0.135. The SMILES string of the molecule is COc1cc(F)ccc1N1CCC(=O)N2CCCC2C1=O. The van der Waals surface area contributed by atoms with E-state index in [-0.39, 0.29) is 18.2 Å². The number of anilines is 1. The van der Waals surface area contributed by atoms with Crippen LogP contribution in [0.1, 0.15) is 19.3 Å². The number of nitrogens with zero attached hydrogens (tertiary/aromatic N) is 2. The lowest BCUT2D eigenvalue weighted by Gasteiger charge is -2.26. The van der Waals surface area contributed by atoms with E-state index in [1.165, 1.54) is 25.3 Å². The fourth-order valence-corrected chi connectivity index (χ4v) is 3.08. The maximum atomic E-state index is 13.3. The molecule has 0 aliphatic carbocycles. The first-order chi connectivity index (χ1) is 10.1. The average molecular weight is 292 g/mol. The Labute approximate surface area is 122 Å². The van der Waals surface area contributed by atoms with E-state index in [9.17, 15) is 14.0 Å². The second-order valence-corrected chi connectivity index (χ2v) is 5.30. The van der Waals surface area contributed by atoms with Crippen LogP contribution in [0.3, 0.4) is 0 Å². The van der Waals surface area contributed by atoms with Crippen LogP contribution >= 0.6 is 0 Å². The summed E-state index contributed by atoms with van der Waals surface area (Å²) in [4.78, 5) is 28.0. The second-order valence-electron chi connectivity index (χ2n) is 5.30. The van der Waals surface area contributed by atoms with Gasteiger partial charge in [0.2, 0.25) is 11.8 Å². The molecule has 2 fully saturated rings. The molecule has 0 N–H and O–H groups in total. The van der Waals surface area contributed by atoms with Crippen molar-refractivity contribution in [1.82, 2.24) is 4.90 Å². The van der Waals surface area contributed by atoms with Gasteiger partial charge in [0, 0.05) is 25.6 Å². The van der Waals surface area contributed by atoms with Gasteiger partial charge in [0.1, 0.15) is 17.6 Å². The molecule has 2 saturated heterocycles. The number of halogens is 1. The molecular weight excluding hydrogens is 275 g/mol. The minimum atomic E-state index is -0.420. The number of ether oxygens (including phenoxy) is 1. The fraction of sp³-hybridized carbons (Fsp3) is 0.467. The maximum absolute atomic E-state index is 13.3. The van der Waals surface area contributed by atoms with Crippen molar-refractivity contribution in [1.29, 1.82) is 0 Å². The van der Waals surface area contributed by atoms with Crippen molar-refractivity contribution in [3.63, 3.8) is 0 Å². The minimum Gasteiger partial charge on any atom is -0.494 e. The summed E-state index contributed by atoms with van der Waals surface area (Å²) in [6.45, 7) is 0.941. The largest absolute Gasteiger partial charge is 0.494 e. The Balaban J connectivity index is 1.98. The van der Waals surface area contributed by atoms with Crippen LogP contribution in [-0.2, 0) is 9.59 Å². The molecule has 0 saturated carbocycles. The highest BCUT2D eigenvalue weighted by molar-refractivity contribution is 6.02. The van der Waals surface area contributed by atoms with Crippen molar-refractivity contribution in [2.75, 3.05) is 25.1 Å². The quantitative estimate of drug-likeness (QED) is 0.831. The van der Waals surface area contributed by atoms with Crippen LogP contribution in [-0.4, -0.2) is 43.0 Å². The lowest BCUT2D eigenvalue weighted by atomic mass is 10.1. The molecule has 2 heterocycles. The summed E-state index contributed by atoms with van der Waals surface area (Å²) in [6, 6.07) is 3.68. The maximum Gasteiger partial charge on any atom is 0.249 e. The molecule has 0 spiro atoms. The average Bonchev–Trinajstić information content (AvgIpc) is 2.93. The number of methoxy groups -OCH3 is 1. The topological polar surface area (TPSA) is 49.9 Å². The van der Waals surface area contributed by atoms with E-state index in [1.54, 1.807) is 9.80 Å². The highest BCUT2D eigenvalue weighted by Gasteiger charge is 2.40. The molecule has 5 nitrogen and oxygen atoms in total. The molecule has 112 valence electrons. The zero-order chi connectivity index (χ0) is 15.0. The second kappa shape index (κ2) is 5.35. The van der Waals surface area contributed by atoms with Crippen molar-refractivity contribution in [3.8, 4) is 5.75 Å². The van der Waals surface area contributed by atoms with Crippen molar-refractivity contribution in [2.24, 2.45) is 0 Å². The third-order valence-electron chi connectivity index (χ3n) is 4.11. The fourth-order valence-electron chi connectivity index (χ4n) is 3.08. The van der Waals surface area contributed by atoms with Crippen molar-refractivity contribution >= 4 is 17.5 Å². The zero-order valence-electron chi connectivity index (χ0n) is 11.8. The summed E-state index contributed by atoms with van der Waals surface area (Å²) < 4.78 is 18.5. The zero-order valence-corrected chi connectivity index (χ0v) is 11.8. The van der Waals surface area contributed by atoms with Crippen molar-refractivity contribution in [3.05, 3.63) is 24.0 Å². The van der Waals surface area contributed by atoms with Crippen LogP contribution in [0.2, 0.25) is 0 Å². The number of benzene rings is 1. The van der Waals surface area contributed by atoms with E-state index in [4.69, 9.17) is 4.74 Å². The number of hydrogen-bond donors (Lipinski definition) is 0. The summed E-state index contributed by atoms with van der Waals surface area (Å²) in [5.74, 6) is -0.212. The van der Waals surface area contributed by atoms with Crippen LogP contribution in [0.5, 0.6) is 5.75 Å². The molecule has 0 aromatic heterocycles. The first-order valence-corrected chi connectivity index (χ1v) is 7.06. The number of rotatable bonds is 2. The molecule has 0 bridgehead atoms. The first kappa shape index (κ1) is 13.9. The third kappa shape index (κ3) is 2.34. The first-order valence-electron chi connectivity index (χ1n) is 7.06. The van der Waals surface area contributed by atoms with E-state index >= 15 is 0 Å². The normalized spacial score (nSPS) is 22.3. The molecule has 21 heavy (non-hydrogen) atoms. The van der Waals surface area contributed by atoms with E-state index in [2.05, 4.69) is 0 Å². The number of carbonyl (C=O) groups excluding carboxylic acids is 2. The highest BCUT2D eigenvalue weighted by Crippen LogP contribution is 2.33. The minimum absolute atomic E-state index is 0.00873. The lowest BCUT2D eigenvalue weighted by Crippen LogP contribution is -2.43. The predicted molar refractivity (Wildman–Crippen MR) is 74.7 cm³/mol. The van der Waals surface area contributed by atoms with E-state index in [0.717, 1.165) is 6.42 Å². The van der Waals surface area contributed by atoms with Gasteiger partial charge < -0.3 is 14.5 Å². The Kier molecular flexibility index (Phi) is 3.53. The van der Waals surface area contributed by atoms with Gasteiger partial charge in [0.25, 0.3) is 0 Å². The van der Waals surface area contributed by atoms with Crippen LogP contribution in [0, 0.1) is 5.82 Å². The van der Waals surface area contributed by atoms with Gasteiger partial charge in [0.15, 0.2) is 0 Å². The van der Waals surface area contributed by atoms with Crippen LogP contribution < -0.4 is 9.64 Å². The predicted octanol–water partition coefficient (Wildman–Crippen LogP) is 1.56. The summed E-state index contributed by atoms with van der Waals surface area (Å²) in [6.07, 6.45) is 1.81. The summed E-state index contributed by atoms with van der Waals surface area (Å²) >= 11 is 0. The van der Waals surface area contributed by atoms with E-state index < -0.39 is 11.9 Å². The Morgan fingerprint density at radius 1 is 1.29 bits per heavy atom. The Morgan fingerprint density at radius 2 is 2.10 bits per heavy atom. The van der Waals surface area contributed by atoms with Crippen LogP contribution in [0.4, 0.5) is 10.1 Å². The van der Waals surface area contributed by atoms with Gasteiger partial charge >= 0.3 is 0 Å². The molecule has 1 aromatic rings. The van der Waals surface area contributed by atoms with Gasteiger partial charge in [-0.05, 0) is 25.0 Å². The molecule has 2 amide bonds. The molecular formula is C15H17FN2O3. The van der Waals surface area contributed by atoms with Crippen molar-refractivity contribution in [2.45, 2.75) is 25.3 Å². The van der Waals surface area contributed by atoms with Crippen molar-refractivity contribution < 1.29 is 18.7 Å². The van der Waals surface area contributed by atoms with Gasteiger partial charge in [0.05, 0.1) is 12.8 Å². The summed E-state index contributed by atoms with van der Waals surface area (Å²) in [5, 5.41) is 0. The highest BCUT2D eigenvalue weighted by atomic mass is 19.1. The van der Waals surface area contributed by atoms with Gasteiger partial charge in [-0.15, -0.1) is 0 Å². The molecule has 2 aliphatic heterocycles. The van der Waals surface area contributed by atoms with E-state index in [0.29, 0.717) is 30.9 Å². The molecule has 2 aliphatic rings. The molecule has 0 radical (unpaired) electrons. The third-order valence-corrected chi connectivity index (χ3v) is 4.11. The monoisotopic (exact) mass is 292 g/mol. The molecule has 1 unspecified atom stereocenters.